The summed E-state index contributed by atoms with van der Waals surface area (Å²) in [6.07, 6.45) is -11.5. The molecule has 0 amide bonds. The van der Waals surface area contributed by atoms with Gasteiger partial charge in [-0.05, 0) is 144 Å². The molecule has 0 saturated heterocycles. The first kappa shape index (κ1) is 52.0. The van der Waals surface area contributed by atoms with Crippen molar-refractivity contribution in [2.75, 3.05) is 0 Å². The SMILES string of the molecule is Fc1c(F)c(C(F)(F)F)c(F)c(F)c1-c1ccc2c3ccc(-c4c(F)c(F)c(C(F)(F)F)c(F)c4F)c4cccc(c5cccc1c52)c43.Fc1ccc(-c2ccc3c4cccc5c(-c6ccc(F)cc6)ccc(c6cccc2c63)c54)cc1. The van der Waals surface area contributed by atoms with Gasteiger partial charge in [0, 0.05) is 0 Å². The third-order valence-corrected chi connectivity index (χ3v) is 15.3. The van der Waals surface area contributed by atoms with Crippen molar-refractivity contribution in [1.29, 1.82) is 0 Å². The maximum absolute atomic E-state index is 15.1. The van der Waals surface area contributed by atoms with Gasteiger partial charge >= 0.3 is 12.4 Å². The van der Waals surface area contributed by atoms with Gasteiger partial charge in [0.25, 0.3) is 0 Å². The zero-order chi connectivity index (χ0) is 57.6. The molecule has 0 spiro atoms. The highest BCUT2D eigenvalue weighted by atomic mass is 19.4. The molecule has 0 nitrogen and oxygen atoms in total. The Morgan fingerprint density at radius 2 is 0.427 bits per heavy atom. The average molecular weight is 1120 g/mol. The van der Waals surface area contributed by atoms with Gasteiger partial charge in [0.05, 0.1) is 11.1 Å². The van der Waals surface area contributed by atoms with Crippen LogP contribution in [0.2, 0.25) is 0 Å². The quantitative estimate of drug-likeness (QED) is 0.0713. The number of benzene rings is 14. The topological polar surface area (TPSA) is 0 Å². The Morgan fingerprint density at radius 1 is 0.207 bits per heavy atom. The van der Waals surface area contributed by atoms with Crippen molar-refractivity contribution >= 4 is 86.2 Å². The second kappa shape index (κ2) is 18.6. The van der Waals surface area contributed by atoms with E-state index in [0.29, 0.717) is 0 Å². The van der Waals surface area contributed by atoms with Crippen molar-refractivity contribution in [3.63, 3.8) is 0 Å². The van der Waals surface area contributed by atoms with Gasteiger partial charge in [-0.25, -0.2) is 43.9 Å². The Kier molecular flexibility index (Phi) is 11.8. The third-order valence-electron chi connectivity index (χ3n) is 15.3. The monoisotopic (exact) mass is 1120 g/mol. The fourth-order valence-electron chi connectivity index (χ4n) is 11.9. The van der Waals surface area contributed by atoms with E-state index in [2.05, 4.69) is 60.7 Å². The van der Waals surface area contributed by atoms with Crippen LogP contribution in [0, 0.1) is 58.2 Å². The predicted molar refractivity (Wildman–Crippen MR) is 287 cm³/mol. The second-order valence-electron chi connectivity index (χ2n) is 19.6. The van der Waals surface area contributed by atoms with Gasteiger partial charge in [0.1, 0.15) is 22.8 Å². The van der Waals surface area contributed by atoms with E-state index in [1.165, 1.54) is 105 Å². The van der Waals surface area contributed by atoms with E-state index in [9.17, 15) is 52.7 Å². The summed E-state index contributed by atoms with van der Waals surface area (Å²) in [7, 11) is 0. The van der Waals surface area contributed by atoms with E-state index in [-0.39, 0.29) is 54.7 Å². The average Bonchev–Trinajstić information content (AvgIpc) is 1.53. The lowest BCUT2D eigenvalue weighted by Gasteiger charge is -2.20. The number of rotatable bonds is 4. The Morgan fingerprint density at radius 3 is 0.683 bits per heavy atom. The summed E-state index contributed by atoms with van der Waals surface area (Å²) in [6.45, 7) is 0. The summed E-state index contributed by atoms with van der Waals surface area (Å²) >= 11 is 0. The standard InChI is InChI=1S/C34H10F14.C32H18F2/c35-25-21(26(36)30(40)23(29(25)39)33(43,44)45)17-9-7-15-16-8-10-18(22-27(37)31(41)24(34(46,47)48)32(42)28(22)38)14-6-2-4-12(20(14)16)11-3-1-5-13(17)19(11)15;33-21-11-7-19(8-12-21)23-15-18-30-28-6-2-4-26-24(20-9-13-22(34)14-10-20)16-17-29(32(26)28)27-5-1-3-25(23)31(27)30/h1-10H;1-18H. The molecule has 0 saturated carbocycles. The molecule has 14 rings (SSSR count). The molecule has 0 aliphatic carbocycles. The van der Waals surface area contributed by atoms with Crippen LogP contribution in [0.1, 0.15) is 11.1 Å². The summed E-state index contributed by atoms with van der Waals surface area (Å²) < 4.78 is 225. The zero-order valence-corrected chi connectivity index (χ0v) is 41.2. The lowest BCUT2D eigenvalue weighted by atomic mass is 9.85. The first-order valence-corrected chi connectivity index (χ1v) is 24.8. The first-order chi connectivity index (χ1) is 39.1. The third kappa shape index (κ3) is 7.70. The Hall–Kier alpha value is -9.44. The number of hydrogen-bond acceptors (Lipinski definition) is 0. The van der Waals surface area contributed by atoms with Gasteiger partial charge in [0.2, 0.25) is 0 Å². The van der Waals surface area contributed by atoms with Crippen LogP contribution in [-0.2, 0) is 12.4 Å². The Labute approximate surface area is 451 Å². The molecule has 0 N–H and O–H groups in total. The molecule has 0 unspecified atom stereocenters. The highest BCUT2D eigenvalue weighted by Crippen LogP contribution is 2.50. The number of halogens is 16. The molecular formula is C66H28F16. The smallest absolute Gasteiger partial charge is 0.207 e. The molecule has 0 radical (unpaired) electrons. The summed E-state index contributed by atoms with van der Waals surface area (Å²) in [6, 6.07) is 47.5. The first-order valence-electron chi connectivity index (χ1n) is 24.8. The van der Waals surface area contributed by atoms with Gasteiger partial charge in [-0.15, -0.1) is 0 Å². The molecule has 0 atom stereocenters. The molecule has 0 aromatic heterocycles. The minimum absolute atomic E-state index is 0.0722. The van der Waals surface area contributed by atoms with Gasteiger partial charge < -0.3 is 0 Å². The van der Waals surface area contributed by atoms with Crippen LogP contribution in [-0.4, -0.2) is 0 Å². The van der Waals surface area contributed by atoms with Gasteiger partial charge in [-0.1, -0.05) is 146 Å². The van der Waals surface area contributed by atoms with Crippen LogP contribution in [0.5, 0.6) is 0 Å². The summed E-state index contributed by atoms with van der Waals surface area (Å²) in [5, 5.41) is 10.8. The van der Waals surface area contributed by atoms with Crippen LogP contribution in [0.15, 0.2) is 170 Å². The van der Waals surface area contributed by atoms with Crippen molar-refractivity contribution in [3.05, 3.63) is 239 Å². The van der Waals surface area contributed by atoms with Crippen LogP contribution in [0.4, 0.5) is 70.2 Å². The van der Waals surface area contributed by atoms with E-state index in [4.69, 9.17) is 0 Å². The molecule has 0 heterocycles. The van der Waals surface area contributed by atoms with Gasteiger partial charge in [-0.2, -0.15) is 26.3 Å². The van der Waals surface area contributed by atoms with Crippen molar-refractivity contribution in [2.45, 2.75) is 12.4 Å². The summed E-state index contributed by atoms with van der Waals surface area (Å²) in [4.78, 5) is 0. The second-order valence-corrected chi connectivity index (χ2v) is 19.6. The fraction of sp³-hybridized carbons (Fsp3) is 0.0303. The van der Waals surface area contributed by atoms with E-state index >= 15 is 17.6 Å². The summed E-state index contributed by atoms with van der Waals surface area (Å²) in [5.41, 5.74) is -5.19. The van der Waals surface area contributed by atoms with Crippen molar-refractivity contribution in [2.24, 2.45) is 0 Å². The highest BCUT2D eigenvalue weighted by molar-refractivity contribution is 6.36. The molecular weight excluding hydrogens is 1100 g/mol. The van der Waals surface area contributed by atoms with Crippen LogP contribution >= 0.6 is 0 Å². The molecule has 14 aromatic carbocycles. The molecule has 0 aliphatic rings. The van der Waals surface area contributed by atoms with Gasteiger partial charge in [-0.3, -0.25) is 0 Å². The van der Waals surface area contributed by atoms with Crippen LogP contribution in [0.25, 0.3) is 131 Å². The Balaban J connectivity index is 0.000000163. The molecule has 0 fully saturated rings. The molecule has 16 heteroatoms. The summed E-state index contributed by atoms with van der Waals surface area (Å²) in [5.74, 6) is -20.3. The normalized spacial score (nSPS) is 12.4. The van der Waals surface area contributed by atoms with Gasteiger partial charge in [0.15, 0.2) is 46.5 Å². The zero-order valence-electron chi connectivity index (χ0n) is 41.2. The maximum Gasteiger partial charge on any atom is 0.422 e. The number of hydrogen-bond donors (Lipinski definition) is 0. The minimum atomic E-state index is -5.76. The molecule has 0 bridgehead atoms. The lowest BCUT2D eigenvalue weighted by molar-refractivity contribution is -0.144. The van der Waals surface area contributed by atoms with Crippen LogP contribution in [0.3, 0.4) is 0 Å². The largest absolute Gasteiger partial charge is 0.422 e. The lowest BCUT2D eigenvalue weighted by Crippen LogP contribution is -2.16. The highest BCUT2D eigenvalue weighted by Gasteiger charge is 2.44. The van der Waals surface area contributed by atoms with E-state index in [0.717, 1.165) is 45.2 Å². The minimum Gasteiger partial charge on any atom is -0.207 e. The molecule has 82 heavy (non-hydrogen) atoms. The van der Waals surface area contributed by atoms with E-state index in [1.54, 1.807) is 0 Å². The Bertz CT molecular complexity index is 4570. The van der Waals surface area contributed by atoms with E-state index in [1.807, 2.05) is 24.3 Å². The van der Waals surface area contributed by atoms with Crippen molar-refractivity contribution in [1.82, 2.24) is 0 Å². The molecule has 404 valence electrons. The predicted octanol–water partition coefficient (Wildman–Crippen LogP) is 21.6. The molecule has 14 aromatic rings. The number of alkyl halides is 6. The van der Waals surface area contributed by atoms with Crippen molar-refractivity contribution in [3.8, 4) is 44.5 Å². The maximum atomic E-state index is 15.1. The fourth-order valence-corrected chi connectivity index (χ4v) is 11.9. The van der Waals surface area contributed by atoms with Crippen LogP contribution < -0.4 is 0 Å². The van der Waals surface area contributed by atoms with E-state index < -0.39 is 92.3 Å². The van der Waals surface area contributed by atoms with Crippen molar-refractivity contribution < 1.29 is 70.2 Å². The molecule has 0 aliphatic heterocycles. The number of fused-ring (bicyclic) bond motifs is 4.